The van der Waals surface area contributed by atoms with Crippen molar-refractivity contribution in [1.29, 1.82) is 0 Å². The van der Waals surface area contributed by atoms with E-state index in [0.29, 0.717) is 33.5 Å². The molecule has 7 heteroatoms. The lowest BCUT2D eigenvalue weighted by Crippen LogP contribution is -2.22. The summed E-state index contributed by atoms with van der Waals surface area (Å²) in [5, 5.41) is 0.578. The third kappa shape index (κ3) is 4.00. The Morgan fingerprint density at radius 2 is 1.68 bits per heavy atom. The molecule has 5 aromatic rings. The fourth-order valence-corrected chi connectivity index (χ4v) is 4.47. The summed E-state index contributed by atoms with van der Waals surface area (Å²) in [5.41, 5.74) is 2.54. The minimum Gasteiger partial charge on any atom is -0.490 e. The third-order valence-corrected chi connectivity index (χ3v) is 6.05. The highest BCUT2D eigenvalue weighted by molar-refractivity contribution is 7.15. The van der Waals surface area contributed by atoms with Gasteiger partial charge >= 0.3 is 0 Å². The smallest absolute Gasteiger partial charge is 0.274 e. The number of aromatic nitrogens is 2. The number of fused-ring (bicyclic) bond motifs is 3. The number of hydrogen-bond acceptors (Lipinski definition) is 5. The molecule has 0 aliphatic carbocycles. The number of halogens is 1. The second kappa shape index (κ2) is 8.41. The Kier molecular flexibility index (Phi) is 5.32. The quantitative estimate of drug-likeness (QED) is 0.357. The van der Waals surface area contributed by atoms with Crippen molar-refractivity contribution in [2.45, 2.75) is 0 Å². The van der Waals surface area contributed by atoms with Gasteiger partial charge in [-0.1, -0.05) is 59.3 Å². The molecule has 2 heterocycles. The highest BCUT2D eigenvalue weighted by atomic mass is 35.5. The zero-order chi connectivity index (χ0) is 21.2. The first-order chi connectivity index (χ1) is 15.2. The fourth-order valence-electron chi connectivity index (χ4n) is 3.30. The van der Waals surface area contributed by atoms with E-state index < -0.39 is 0 Å². The predicted octanol–water partition coefficient (Wildman–Crippen LogP) is 4.57. The molecule has 0 fully saturated rings. The van der Waals surface area contributed by atoms with Crippen LogP contribution < -0.4 is 19.6 Å². The molecule has 2 aromatic heterocycles. The minimum atomic E-state index is -0.0502. The summed E-state index contributed by atoms with van der Waals surface area (Å²) in [7, 11) is 0. The fraction of sp³-hybridized carbons (Fsp3) is 0.0833. The first-order valence-electron chi connectivity index (χ1n) is 9.71. The summed E-state index contributed by atoms with van der Waals surface area (Å²) in [4.78, 5) is 18.1. The van der Waals surface area contributed by atoms with Gasteiger partial charge in [0.1, 0.15) is 24.7 Å². The molecule has 0 spiro atoms. The van der Waals surface area contributed by atoms with Gasteiger partial charge < -0.3 is 9.47 Å². The Hall–Kier alpha value is -3.35. The lowest BCUT2D eigenvalue weighted by atomic mass is 10.2. The molecule has 0 unspecified atom stereocenters. The van der Waals surface area contributed by atoms with E-state index in [1.807, 2.05) is 72.8 Å². The van der Waals surface area contributed by atoms with Gasteiger partial charge in [-0.05, 0) is 48.0 Å². The highest BCUT2D eigenvalue weighted by Gasteiger charge is 2.10. The van der Waals surface area contributed by atoms with Crippen molar-refractivity contribution in [2.75, 3.05) is 13.2 Å². The van der Waals surface area contributed by atoms with Crippen LogP contribution in [-0.2, 0) is 0 Å². The zero-order valence-corrected chi connectivity index (χ0v) is 17.9. The Labute approximate surface area is 186 Å². The van der Waals surface area contributed by atoms with Crippen molar-refractivity contribution in [2.24, 2.45) is 0 Å². The molecule has 5 nitrogen and oxygen atoms in total. The summed E-state index contributed by atoms with van der Waals surface area (Å²) in [6.45, 7) is 0.786. The Morgan fingerprint density at radius 3 is 2.52 bits per heavy atom. The number of thiazole rings is 1. The first kappa shape index (κ1) is 19.6. The van der Waals surface area contributed by atoms with Crippen LogP contribution in [0.25, 0.3) is 22.1 Å². The minimum absolute atomic E-state index is 0.0502. The van der Waals surface area contributed by atoms with Gasteiger partial charge in [0.25, 0.3) is 5.56 Å². The van der Waals surface area contributed by atoms with Gasteiger partial charge in [0.05, 0.1) is 20.6 Å². The maximum absolute atomic E-state index is 12.8. The van der Waals surface area contributed by atoms with Crippen molar-refractivity contribution >= 4 is 45.0 Å². The SMILES string of the molecule is O=c1c(=Cc2ccc(OCCOc3ccccc3Cl)cc2)sc2nc3ccccc3n12. The van der Waals surface area contributed by atoms with E-state index in [0.717, 1.165) is 22.3 Å². The molecule has 0 bridgehead atoms. The summed E-state index contributed by atoms with van der Waals surface area (Å²) in [6, 6.07) is 22.6. The average molecular weight is 449 g/mol. The van der Waals surface area contributed by atoms with Gasteiger partial charge in [0, 0.05) is 0 Å². The number of nitrogens with zero attached hydrogens (tertiary/aromatic N) is 2. The van der Waals surface area contributed by atoms with E-state index in [1.165, 1.54) is 11.3 Å². The van der Waals surface area contributed by atoms with Crippen LogP contribution in [-0.4, -0.2) is 22.6 Å². The van der Waals surface area contributed by atoms with E-state index in [2.05, 4.69) is 4.98 Å². The first-order valence-corrected chi connectivity index (χ1v) is 10.9. The van der Waals surface area contributed by atoms with E-state index >= 15 is 0 Å². The molecule has 0 saturated heterocycles. The van der Waals surface area contributed by atoms with Crippen LogP contribution in [0.5, 0.6) is 11.5 Å². The number of para-hydroxylation sites is 3. The van der Waals surface area contributed by atoms with Gasteiger partial charge in [-0.15, -0.1) is 0 Å². The number of imidazole rings is 1. The molecule has 5 rings (SSSR count). The molecular formula is C24H17ClN2O3S. The van der Waals surface area contributed by atoms with Crippen molar-refractivity contribution in [3.63, 3.8) is 0 Å². The van der Waals surface area contributed by atoms with Crippen LogP contribution in [0.3, 0.4) is 0 Å². The van der Waals surface area contributed by atoms with E-state index in [9.17, 15) is 4.79 Å². The second-order valence-corrected chi connectivity index (χ2v) is 8.25. The van der Waals surface area contributed by atoms with Gasteiger partial charge in [-0.3, -0.25) is 4.79 Å². The molecule has 0 radical (unpaired) electrons. The number of rotatable bonds is 6. The summed E-state index contributed by atoms with van der Waals surface area (Å²) in [5.74, 6) is 1.37. The molecule has 154 valence electrons. The molecule has 0 atom stereocenters. The van der Waals surface area contributed by atoms with Crippen LogP contribution in [0.15, 0.2) is 77.6 Å². The molecule has 0 saturated carbocycles. The standard InChI is InChI=1S/C24H17ClN2O3S/c25-18-5-1-4-8-21(18)30-14-13-29-17-11-9-16(10-12-17)15-22-23(28)27-20-7-3-2-6-19(20)26-24(27)31-22/h1-12,15H,13-14H2. The number of benzene rings is 3. The van der Waals surface area contributed by atoms with Gasteiger partial charge in [-0.25, -0.2) is 9.38 Å². The Balaban J connectivity index is 1.28. The zero-order valence-electron chi connectivity index (χ0n) is 16.3. The summed E-state index contributed by atoms with van der Waals surface area (Å²) >= 11 is 7.46. The third-order valence-electron chi connectivity index (χ3n) is 4.77. The maximum Gasteiger partial charge on any atom is 0.274 e. The summed E-state index contributed by atoms with van der Waals surface area (Å²) in [6.07, 6.45) is 1.88. The van der Waals surface area contributed by atoms with Gasteiger partial charge in [-0.2, -0.15) is 0 Å². The molecule has 0 aliphatic rings. The lowest BCUT2D eigenvalue weighted by molar-refractivity contribution is 0.217. The van der Waals surface area contributed by atoms with Crippen LogP contribution in [0.4, 0.5) is 0 Å². The molecule has 0 aliphatic heterocycles. The molecular weight excluding hydrogens is 432 g/mol. The largest absolute Gasteiger partial charge is 0.490 e. The van der Waals surface area contributed by atoms with Crippen molar-refractivity contribution in [3.8, 4) is 11.5 Å². The van der Waals surface area contributed by atoms with Crippen molar-refractivity contribution < 1.29 is 9.47 Å². The monoisotopic (exact) mass is 448 g/mol. The normalized spacial score (nSPS) is 12.0. The van der Waals surface area contributed by atoms with Gasteiger partial charge in [0.15, 0.2) is 4.96 Å². The van der Waals surface area contributed by atoms with E-state index in [4.69, 9.17) is 21.1 Å². The maximum atomic E-state index is 12.8. The van der Waals surface area contributed by atoms with Crippen LogP contribution in [0.1, 0.15) is 5.56 Å². The van der Waals surface area contributed by atoms with Crippen LogP contribution in [0, 0.1) is 0 Å². The second-order valence-electron chi connectivity index (χ2n) is 6.83. The molecule has 31 heavy (non-hydrogen) atoms. The van der Waals surface area contributed by atoms with Crippen LogP contribution >= 0.6 is 22.9 Å². The van der Waals surface area contributed by atoms with Crippen molar-refractivity contribution in [3.05, 3.63) is 98.3 Å². The lowest BCUT2D eigenvalue weighted by Gasteiger charge is -2.09. The Morgan fingerprint density at radius 1 is 0.935 bits per heavy atom. The predicted molar refractivity (Wildman–Crippen MR) is 125 cm³/mol. The topological polar surface area (TPSA) is 52.8 Å². The number of hydrogen-bond donors (Lipinski definition) is 0. The van der Waals surface area contributed by atoms with Crippen LogP contribution in [0.2, 0.25) is 5.02 Å². The molecule has 0 amide bonds. The molecule has 0 N–H and O–H groups in total. The average Bonchev–Trinajstić information content (AvgIpc) is 3.29. The van der Waals surface area contributed by atoms with Crippen molar-refractivity contribution in [1.82, 2.24) is 9.38 Å². The van der Waals surface area contributed by atoms with E-state index in [-0.39, 0.29) is 5.56 Å². The Bertz CT molecular complexity index is 1470. The molecule has 3 aromatic carbocycles. The number of ether oxygens (including phenoxy) is 2. The highest BCUT2D eigenvalue weighted by Crippen LogP contribution is 2.23. The van der Waals surface area contributed by atoms with Gasteiger partial charge in [0.2, 0.25) is 0 Å². The summed E-state index contributed by atoms with van der Waals surface area (Å²) < 4.78 is 13.7. The van der Waals surface area contributed by atoms with E-state index in [1.54, 1.807) is 10.5 Å².